The zero-order valence-electron chi connectivity index (χ0n) is 24.8. The Hall–Kier alpha value is -3.80. The maximum Gasteiger partial charge on any atom is 0.341 e. The summed E-state index contributed by atoms with van der Waals surface area (Å²) in [6.07, 6.45) is 8.55. The van der Waals surface area contributed by atoms with Crippen molar-refractivity contribution in [2.45, 2.75) is 84.5 Å². The number of carbonyl (C=O) groups excluding carboxylic acids is 1. The number of nitrogens with zero attached hydrogens (tertiary/aromatic N) is 3. The Bertz CT molecular complexity index is 1560. The van der Waals surface area contributed by atoms with E-state index in [2.05, 4.69) is 79.6 Å². The van der Waals surface area contributed by atoms with Gasteiger partial charge in [0.25, 0.3) is 0 Å². The van der Waals surface area contributed by atoms with E-state index >= 15 is 0 Å². The van der Waals surface area contributed by atoms with Crippen LogP contribution in [0.4, 0.5) is 5.69 Å². The lowest BCUT2D eigenvalue weighted by molar-refractivity contribution is 0.0230. The molecule has 0 saturated heterocycles. The molecule has 2 aliphatic rings. The average molecular weight is 552 g/mol. The largest absolute Gasteiger partial charge is 0.490 e. The molecule has 0 bridgehead atoms. The van der Waals surface area contributed by atoms with Gasteiger partial charge in [0.1, 0.15) is 11.4 Å². The number of para-hydroxylation sites is 1. The predicted octanol–water partition coefficient (Wildman–Crippen LogP) is 7.77. The van der Waals surface area contributed by atoms with Crippen molar-refractivity contribution in [1.29, 1.82) is 0 Å². The summed E-state index contributed by atoms with van der Waals surface area (Å²) < 4.78 is 15.9. The molecule has 6 heteroatoms. The first kappa shape index (κ1) is 27.4. The van der Waals surface area contributed by atoms with Crippen LogP contribution >= 0.6 is 0 Å². The SMILES string of the molecule is CCCn1c(C)c(C2(c3ccc(N(CC)CC)cc3OC3CCCCC3)OC(=O)c3cccnc32)c2ccccc21. The second kappa shape index (κ2) is 11.2. The number of esters is 1. The third-order valence-electron chi connectivity index (χ3n) is 8.96. The van der Waals surface area contributed by atoms with Crippen LogP contribution in [0.3, 0.4) is 0 Å². The van der Waals surface area contributed by atoms with Gasteiger partial charge in [0.05, 0.1) is 11.7 Å². The summed E-state index contributed by atoms with van der Waals surface area (Å²) in [5.74, 6) is 0.426. The quantitative estimate of drug-likeness (QED) is 0.199. The van der Waals surface area contributed by atoms with Crippen LogP contribution in [0.25, 0.3) is 10.9 Å². The van der Waals surface area contributed by atoms with Crippen molar-refractivity contribution in [3.05, 3.63) is 88.9 Å². The van der Waals surface area contributed by atoms with E-state index in [-0.39, 0.29) is 12.1 Å². The van der Waals surface area contributed by atoms with Gasteiger partial charge in [0, 0.05) is 65.3 Å². The highest BCUT2D eigenvalue weighted by atomic mass is 16.6. The number of aromatic nitrogens is 2. The van der Waals surface area contributed by atoms with Gasteiger partial charge in [-0.3, -0.25) is 4.98 Å². The summed E-state index contributed by atoms with van der Waals surface area (Å²) in [6.45, 7) is 11.3. The fourth-order valence-corrected chi connectivity index (χ4v) is 7.01. The molecule has 4 aromatic rings. The average Bonchev–Trinajstić information content (AvgIpc) is 3.45. The number of hydrogen-bond acceptors (Lipinski definition) is 5. The van der Waals surface area contributed by atoms with E-state index in [1.54, 1.807) is 6.20 Å². The number of aryl methyl sites for hydroxylation is 1. The van der Waals surface area contributed by atoms with Crippen LogP contribution < -0.4 is 9.64 Å². The Kier molecular flexibility index (Phi) is 7.50. The Morgan fingerprint density at radius 2 is 1.80 bits per heavy atom. The number of benzene rings is 2. The lowest BCUT2D eigenvalue weighted by atomic mass is 9.80. The normalized spacial score (nSPS) is 18.9. The number of fused-ring (bicyclic) bond motifs is 2. The number of pyridine rings is 1. The molecule has 0 N–H and O–H groups in total. The number of rotatable bonds is 9. The zero-order valence-corrected chi connectivity index (χ0v) is 24.8. The first-order valence-corrected chi connectivity index (χ1v) is 15.4. The minimum Gasteiger partial charge on any atom is -0.490 e. The lowest BCUT2D eigenvalue weighted by Gasteiger charge is -2.34. The van der Waals surface area contributed by atoms with E-state index in [0.717, 1.165) is 78.1 Å². The van der Waals surface area contributed by atoms with Crippen molar-refractivity contribution in [3.63, 3.8) is 0 Å². The molecule has 0 spiro atoms. The summed E-state index contributed by atoms with van der Waals surface area (Å²) in [6, 6.07) is 18.5. The summed E-state index contributed by atoms with van der Waals surface area (Å²) in [7, 11) is 0. The monoisotopic (exact) mass is 551 g/mol. The number of cyclic esters (lactones) is 1. The minimum absolute atomic E-state index is 0.134. The number of ether oxygens (including phenoxy) is 2. The predicted molar refractivity (Wildman–Crippen MR) is 164 cm³/mol. The van der Waals surface area contributed by atoms with Crippen LogP contribution in [-0.2, 0) is 16.9 Å². The van der Waals surface area contributed by atoms with Crippen LogP contribution in [0.15, 0.2) is 60.8 Å². The van der Waals surface area contributed by atoms with E-state index in [1.807, 2.05) is 12.1 Å². The second-order valence-electron chi connectivity index (χ2n) is 11.3. The van der Waals surface area contributed by atoms with E-state index in [1.165, 1.54) is 19.3 Å². The standard InChI is InChI=1S/C35H41N3O3/c1-5-22-38-24(4)32(27-16-11-12-18-30(27)38)35(33-28(34(39)41-35)17-13-21-36-33)29-20-19-25(37(6-2)7-3)23-31(29)40-26-14-9-8-10-15-26/h11-13,16-21,23,26H,5-10,14-15,22H2,1-4H3. The van der Waals surface area contributed by atoms with Crippen LogP contribution in [-0.4, -0.2) is 34.7 Å². The highest BCUT2D eigenvalue weighted by Crippen LogP contribution is 2.53. The fourth-order valence-electron chi connectivity index (χ4n) is 7.01. The molecule has 1 unspecified atom stereocenters. The molecule has 1 fully saturated rings. The Balaban J connectivity index is 1.67. The molecule has 1 aliphatic carbocycles. The van der Waals surface area contributed by atoms with Crippen molar-refractivity contribution in [2.24, 2.45) is 0 Å². The molecule has 6 nitrogen and oxygen atoms in total. The smallest absolute Gasteiger partial charge is 0.341 e. The molecule has 1 saturated carbocycles. The van der Waals surface area contributed by atoms with Gasteiger partial charge in [-0.25, -0.2) is 4.79 Å². The Labute approximate surface area is 243 Å². The lowest BCUT2D eigenvalue weighted by Crippen LogP contribution is -2.33. The molecule has 1 aliphatic heterocycles. The van der Waals surface area contributed by atoms with Crippen molar-refractivity contribution >= 4 is 22.6 Å². The molecule has 2 aromatic carbocycles. The number of carbonyl (C=O) groups is 1. The molecule has 1 atom stereocenters. The highest BCUT2D eigenvalue weighted by Gasteiger charge is 2.54. The van der Waals surface area contributed by atoms with E-state index < -0.39 is 5.60 Å². The third-order valence-corrected chi connectivity index (χ3v) is 8.96. The van der Waals surface area contributed by atoms with Gasteiger partial charge in [0.15, 0.2) is 0 Å². The topological polar surface area (TPSA) is 56.6 Å². The van der Waals surface area contributed by atoms with Crippen molar-refractivity contribution in [2.75, 3.05) is 18.0 Å². The van der Waals surface area contributed by atoms with Crippen molar-refractivity contribution in [1.82, 2.24) is 9.55 Å². The maximum atomic E-state index is 13.7. The Morgan fingerprint density at radius 3 is 2.56 bits per heavy atom. The first-order chi connectivity index (χ1) is 20.0. The summed E-state index contributed by atoms with van der Waals surface area (Å²) >= 11 is 0. The zero-order chi connectivity index (χ0) is 28.6. The minimum atomic E-state index is -1.23. The van der Waals surface area contributed by atoms with Gasteiger partial charge in [-0.1, -0.05) is 31.5 Å². The number of anilines is 1. The van der Waals surface area contributed by atoms with Gasteiger partial charge in [-0.05, 0) is 83.2 Å². The van der Waals surface area contributed by atoms with Gasteiger partial charge in [0.2, 0.25) is 5.60 Å². The molecule has 0 radical (unpaired) electrons. The molecule has 6 rings (SSSR count). The summed E-state index contributed by atoms with van der Waals surface area (Å²) in [5.41, 5.74) is 5.04. The van der Waals surface area contributed by atoms with Crippen molar-refractivity contribution < 1.29 is 14.3 Å². The van der Waals surface area contributed by atoms with E-state index in [0.29, 0.717) is 11.3 Å². The van der Waals surface area contributed by atoms with E-state index in [4.69, 9.17) is 14.5 Å². The number of hydrogen-bond donors (Lipinski definition) is 0. The highest BCUT2D eigenvalue weighted by molar-refractivity contribution is 5.98. The van der Waals surface area contributed by atoms with E-state index in [9.17, 15) is 4.79 Å². The second-order valence-corrected chi connectivity index (χ2v) is 11.3. The van der Waals surface area contributed by atoms with Gasteiger partial charge in [-0.2, -0.15) is 0 Å². The van der Waals surface area contributed by atoms with Gasteiger partial charge >= 0.3 is 5.97 Å². The van der Waals surface area contributed by atoms with Crippen LogP contribution in [0.2, 0.25) is 0 Å². The van der Waals surface area contributed by atoms with Crippen LogP contribution in [0.1, 0.15) is 92.2 Å². The van der Waals surface area contributed by atoms with Crippen LogP contribution in [0.5, 0.6) is 5.75 Å². The molecule has 3 heterocycles. The van der Waals surface area contributed by atoms with Gasteiger partial charge < -0.3 is 18.9 Å². The third kappa shape index (κ3) is 4.48. The molecule has 41 heavy (non-hydrogen) atoms. The summed E-state index contributed by atoms with van der Waals surface area (Å²) in [4.78, 5) is 20.9. The molecular weight excluding hydrogens is 510 g/mol. The molecule has 0 amide bonds. The molecule has 214 valence electrons. The maximum absolute atomic E-state index is 13.7. The van der Waals surface area contributed by atoms with Crippen molar-refractivity contribution in [3.8, 4) is 5.75 Å². The fraction of sp³-hybridized carbons (Fsp3) is 0.429. The van der Waals surface area contributed by atoms with Crippen LogP contribution in [0, 0.1) is 6.92 Å². The first-order valence-electron chi connectivity index (χ1n) is 15.4. The Morgan fingerprint density at radius 1 is 1.02 bits per heavy atom. The summed E-state index contributed by atoms with van der Waals surface area (Å²) in [5, 5.41) is 1.07. The molecular formula is C35H41N3O3. The van der Waals surface area contributed by atoms with Gasteiger partial charge in [-0.15, -0.1) is 0 Å². The molecule has 2 aromatic heterocycles.